The summed E-state index contributed by atoms with van der Waals surface area (Å²) in [6.07, 6.45) is 2.71. The van der Waals surface area contributed by atoms with E-state index in [9.17, 15) is 4.79 Å². The van der Waals surface area contributed by atoms with Crippen molar-refractivity contribution in [3.63, 3.8) is 0 Å². The molecule has 2 aromatic rings. The molecular weight excluding hydrogens is 356 g/mol. The van der Waals surface area contributed by atoms with Gasteiger partial charge in [-0.15, -0.1) is 0 Å². The van der Waals surface area contributed by atoms with Crippen LogP contribution in [0, 0.1) is 11.3 Å². The number of nitriles is 1. The molecule has 2 aromatic carbocycles. The minimum atomic E-state index is -0.0836. The lowest BCUT2D eigenvalue weighted by Gasteiger charge is -2.25. The predicted octanol–water partition coefficient (Wildman–Crippen LogP) is 3.46. The molecule has 1 fully saturated rings. The molecule has 2 heterocycles. The lowest BCUT2D eigenvalue weighted by molar-refractivity contribution is -0.134. The quantitative estimate of drug-likeness (QED) is 0.815. The Kier molecular flexibility index (Phi) is 5.34. The van der Waals surface area contributed by atoms with Crippen LogP contribution < -0.4 is 14.2 Å². The fourth-order valence-electron chi connectivity index (χ4n) is 3.71. The fourth-order valence-corrected chi connectivity index (χ4v) is 3.71. The molecule has 2 aliphatic heterocycles. The van der Waals surface area contributed by atoms with Crippen LogP contribution in [0.25, 0.3) is 0 Å². The van der Waals surface area contributed by atoms with E-state index in [4.69, 9.17) is 19.5 Å². The van der Waals surface area contributed by atoms with Gasteiger partial charge < -0.3 is 19.1 Å². The molecule has 0 aliphatic carbocycles. The molecular formula is C22H22N2O4. The normalized spacial score (nSPS) is 18.2. The van der Waals surface area contributed by atoms with Crippen molar-refractivity contribution in [3.8, 4) is 23.3 Å². The lowest BCUT2D eigenvalue weighted by atomic mass is 10.0. The number of ether oxygens (including phenoxy) is 3. The molecule has 0 bridgehead atoms. The van der Waals surface area contributed by atoms with Crippen molar-refractivity contribution in [2.75, 3.05) is 26.4 Å². The first-order chi connectivity index (χ1) is 13.8. The van der Waals surface area contributed by atoms with E-state index in [1.165, 1.54) is 0 Å². The van der Waals surface area contributed by atoms with Crippen LogP contribution >= 0.6 is 0 Å². The molecule has 2 aliphatic rings. The van der Waals surface area contributed by atoms with Gasteiger partial charge in [-0.2, -0.15) is 5.26 Å². The van der Waals surface area contributed by atoms with E-state index in [-0.39, 0.29) is 18.6 Å². The van der Waals surface area contributed by atoms with Gasteiger partial charge in [-0.05, 0) is 42.7 Å². The number of fused-ring (bicyclic) bond motifs is 1. The van der Waals surface area contributed by atoms with Crippen LogP contribution in [0.4, 0.5) is 0 Å². The van der Waals surface area contributed by atoms with Gasteiger partial charge in [0.15, 0.2) is 18.1 Å². The average Bonchev–Trinajstić information content (AvgIpc) is 3.11. The molecule has 1 atom stereocenters. The summed E-state index contributed by atoms with van der Waals surface area (Å²) in [7, 11) is 0. The van der Waals surface area contributed by atoms with Gasteiger partial charge >= 0.3 is 0 Å². The second-order valence-electron chi connectivity index (χ2n) is 6.90. The Balaban J connectivity index is 1.47. The second kappa shape index (κ2) is 8.22. The summed E-state index contributed by atoms with van der Waals surface area (Å²) in [5.41, 5.74) is 1.48. The van der Waals surface area contributed by atoms with Crippen molar-refractivity contribution >= 4 is 5.91 Å². The molecule has 1 saturated heterocycles. The highest BCUT2D eigenvalue weighted by molar-refractivity contribution is 5.78. The van der Waals surface area contributed by atoms with Crippen LogP contribution in [0.5, 0.6) is 17.2 Å². The summed E-state index contributed by atoms with van der Waals surface area (Å²) >= 11 is 0. The number of hydrogen-bond acceptors (Lipinski definition) is 5. The van der Waals surface area contributed by atoms with Crippen molar-refractivity contribution in [1.29, 1.82) is 5.26 Å². The molecule has 0 radical (unpaired) electrons. The molecule has 0 saturated carbocycles. The first-order valence-corrected chi connectivity index (χ1v) is 9.57. The summed E-state index contributed by atoms with van der Waals surface area (Å²) in [4.78, 5) is 14.7. The van der Waals surface area contributed by atoms with E-state index in [2.05, 4.69) is 6.07 Å². The van der Waals surface area contributed by atoms with Gasteiger partial charge in [0.05, 0.1) is 24.8 Å². The van der Waals surface area contributed by atoms with E-state index in [0.29, 0.717) is 31.1 Å². The predicted molar refractivity (Wildman–Crippen MR) is 102 cm³/mol. The van der Waals surface area contributed by atoms with Crippen molar-refractivity contribution in [3.05, 3.63) is 53.6 Å². The standard InChI is InChI=1S/C22H22N2O4/c23-14-17-5-1-2-7-19(17)28-15-22(25)24-10-3-6-18(24)16-8-9-20-21(13-16)27-12-4-11-26-20/h1-2,5,7-9,13,18H,3-4,6,10-12,15H2/t18-/m0/s1. The summed E-state index contributed by atoms with van der Waals surface area (Å²) in [5, 5.41) is 9.16. The summed E-state index contributed by atoms with van der Waals surface area (Å²) in [6, 6.07) is 14.9. The molecule has 0 unspecified atom stereocenters. The Hall–Kier alpha value is -3.20. The highest BCUT2D eigenvalue weighted by Crippen LogP contribution is 2.38. The van der Waals surface area contributed by atoms with Gasteiger partial charge in [-0.25, -0.2) is 0 Å². The zero-order valence-corrected chi connectivity index (χ0v) is 15.6. The molecule has 0 spiro atoms. The van der Waals surface area contributed by atoms with Gasteiger partial charge in [-0.1, -0.05) is 18.2 Å². The van der Waals surface area contributed by atoms with Crippen molar-refractivity contribution < 1.29 is 19.0 Å². The number of carbonyl (C=O) groups excluding carboxylic acids is 1. The maximum Gasteiger partial charge on any atom is 0.261 e. The smallest absolute Gasteiger partial charge is 0.261 e. The summed E-state index contributed by atoms with van der Waals surface area (Å²) in [5.74, 6) is 1.86. The Bertz CT molecular complexity index is 906. The van der Waals surface area contributed by atoms with E-state index in [0.717, 1.165) is 36.3 Å². The van der Waals surface area contributed by atoms with Crippen LogP contribution in [0.15, 0.2) is 42.5 Å². The van der Waals surface area contributed by atoms with Gasteiger partial charge in [-0.3, -0.25) is 4.79 Å². The van der Waals surface area contributed by atoms with E-state index in [1.54, 1.807) is 24.3 Å². The topological polar surface area (TPSA) is 71.8 Å². The molecule has 0 aromatic heterocycles. The summed E-state index contributed by atoms with van der Waals surface area (Å²) < 4.78 is 17.1. The SMILES string of the molecule is N#Cc1ccccc1OCC(=O)N1CCC[C@H]1c1ccc2c(c1)OCCCO2. The van der Waals surface area contributed by atoms with Gasteiger partial charge in [0, 0.05) is 13.0 Å². The number of amides is 1. The third kappa shape index (κ3) is 3.74. The molecule has 1 amide bonds. The van der Waals surface area contributed by atoms with Crippen molar-refractivity contribution in [2.24, 2.45) is 0 Å². The molecule has 4 rings (SSSR count). The van der Waals surface area contributed by atoms with Gasteiger partial charge in [0.1, 0.15) is 11.8 Å². The number of carbonyl (C=O) groups is 1. The largest absolute Gasteiger partial charge is 0.490 e. The molecule has 6 heteroatoms. The van der Waals surface area contributed by atoms with Gasteiger partial charge in [0.25, 0.3) is 5.91 Å². The number of hydrogen-bond donors (Lipinski definition) is 0. The Labute approximate surface area is 164 Å². The molecule has 6 nitrogen and oxygen atoms in total. The van der Waals surface area contributed by atoms with Crippen molar-refractivity contribution in [2.45, 2.75) is 25.3 Å². The van der Waals surface area contributed by atoms with Gasteiger partial charge in [0.2, 0.25) is 0 Å². The first kappa shape index (κ1) is 18.2. The molecule has 0 N–H and O–H groups in total. The van der Waals surface area contributed by atoms with E-state index in [1.807, 2.05) is 23.1 Å². The van der Waals surface area contributed by atoms with Crippen LogP contribution in [0.1, 0.15) is 36.4 Å². The van der Waals surface area contributed by atoms with Crippen LogP contribution in [0.3, 0.4) is 0 Å². The third-order valence-corrected chi connectivity index (χ3v) is 5.09. The van der Waals surface area contributed by atoms with Crippen molar-refractivity contribution in [1.82, 2.24) is 4.90 Å². The number of para-hydroxylation sites is 1. The fraction of sp³-hybridized carbons (Fsp3) is 0.364. The zero-order valence-electron chi connectivity index (χ0n) is 15.6. The Morgan fingerprint density at radius 2 is 1.96 bits per heavy atom. The highest BCUT2D eigenvalue weighted by Gasteiger charge is 2.31. The lowest BCUT2D eigenvalue weighted by Crippen LogP contribution is -2.34. The van der Waals surface area contributed by atoms with E-state index >= 15 is 0 Å². The number of rotatable bonds is 4. The zero-order chi connectivity index (χ0) is 19.3. The summed E-state index contributed by atoms with van der Waals surface area (Å²) in [6.45, 7) is 1.90. The highest BCUT2D eigenvalue weighted by atomic mass is 16.5. The van der Waals surface area contributed by atoms with Crippen LogP contribution in [-0.4, -0.2) is 37.2 Å². The van der Waals surface area contributed by atoms with E-state index < -0.39 is 0 Å². The number of benzene rings is 2. The molecule has 28 heavy (non-hydrogen) atoms. The minimum absolute atomic E-state index is 0.000497. The van der Waals surface area contributed by atoms with Crippen LogP contribution in [-0.2, 0) is 4.79 Å². The monoisotopic (exact) mass is 378 g/mol. The Morgan fingerprint density at radius 3 is 2.82 bits per heavy atom. The number of nitrogens with zero attached hydrogens (tertiary/aromatic N) is 2. The second-order valence-corrected chi connectivity index (χ2v) is 6.90. The average molecular weight is 378 g/mol. The maximum absolute atomic E-state index is 12.8. The number of likely N-dealkylation sites (tertiary alicyclic amines) is 1. The third-order valence-electron chi connectivity index (χ3n) is 5.09. The maximum atomic E-state index is 12.8. The molecule has 144 valence electrons. The minimum Gasteiger partial charge on any atom is -0.490 e. The van der Waals surface area contributed by atoms with Crippen LogP contribution in [0.2, 0.25) is 0 Å². The first-order valence-electron chi connectivity index (χ1n) is 9.57. The Morgan fingerprint density at radius 1 is 1.14 bits per heavy atom.